The lowest BCUT2D eigenvalue weighted by molar-refractivity contribution is -0.134. The van der Waals surface area contributed by atoms with Gasteiger partial charge in [-0.3, -0.25) is 14.7 Å². The fourth-order valence-electron chi connectivity index (χ4n) is 4.65. The first-order chi connectivity index (χ1) is 14.6. The molecule has 6 heteroatoms. The highest BCUT2D eigenvalue weighted by Crippen LogP contribution is 2.27. The zero-order chi connectivity index (χ0) is 21.3. The Labute approximate surface area is 182 Å². The first-order valence-electron chi connectivity index (χ1n) is 11.7. The fraction of sp³-hybridized carbons (Fsp3) is 0.667. The molecule has 1 unspecified atom stereocenters. The van der Waals surface area contributed by atoms with E-state index < -0.39 is 0 Å². The molecular formula is C24H39N5O. The third-order valence-corrected chi connectivity index (χ3v) is 6.62. The summed E-state index contributed by atoms with van der Waals surface area (Å²) in [5.74, 6) is 1.45. The molecule has 2 aliphatic rings. The number of benzene rings is 1. The number of rotatable bonds is 8. The van der Waals surface area contributed by atoms with Gasteiger partial charge in [-0.1, -0.05) is 51.0 Å². The van der Waals surface area contributed by atoms with Crippen LogP contribution in [-0.2, 0) is 17.9 Å². The van der Waals surface area contributed by atoms with Gasteiger partial charge in [0, 0.05) is 45.2 Å². The molecule has 1 heterocycles. The summed E-state index contributed by atoms with van der Waals surface area (Å²) in [6.45, 7) is 9.88. The number of likely N-dealkylation sites (tertiary alicyclic amines) is 1. The maximum atomic E-state index is 12.7. The maximum Gasteiger partial charge on any atom is 0.225 e. The first-order valence-corrected chi connectivity index (χ1v) is 11.7. The van der Waals surface area contributed by atoms with Crippen LogP contribution in [-0.4, -0.2) is 60.9 Å². The monoisotopic (exact) mass is 413 g/mol. The average molecular weight is 414 g/mol. The molecule has 6 nitrogen and oxygen atoms in total. The Morgan fingerprint density at radius 1 is 1.13 bits per heavy atom. The molecule has 1 amide bonds. The normalized spacial score (nSPS) is 20.2. The van der Waals surface area contributed by atoms with Gasteiger partial charge in [0.2, 0.25) is 5.91 Å². The van der Waals surface area contributed by atoms with Gasteiger partial charge < -0.3 is 15.5 Å². The van der Waals surface area contributed by atoms with Gasteiger partial charge in [-0.25, -0.2) is 0 Å². The van der Waals surface area contributed by atoms with Crippen molar-refractivity contribution in [1.82, 2.24) is 20.4 Å². The van der Waals surface area contributed by atoms with E-state index >= 15 is 0 Å². The summed E-state index contributed by atoms with van der Waals surface area (Å²) in [7, 11) is 1.81. The van der Waals surface area contributed by atoms with Crippen molar-refractivity contribution in [2.75, 3.05) is 33.2 Å². The average Bonchev–Trinajstić information content (AvgIpc) is 3.47. The number of carbonyl (C=O) groups is 1. The Kier molecular flexibility index (Phi) is 8.55. The summed E-state index contributed by atoms with van der Waals surface area (Å²) in [5.41, 5.74) is 2.66. The molecule has 1 saturated carbocycles. The maximum absolute atomic E-state index is 12.7. The van der Waals surface area contributed by atoms with Crippen molar-refractivity contribution in [1.29, 1.82) is 0 Å². The van der Waals surface area contributed by atoms with E-state index in [4.69, 9.17) is 0 Å². The highest BCUT2D eigenvalue weighted by atomic mass is 16.2. The summed E-state index contributed by atoms with van der Waals surface area (Å²) in [6.07, 6.45) is 5.54. The van der Waals surface area contributed by atoms with E-state index in [9.17, 15) is 4.79 Å². The van der Waals surface area contributed by atoms with Crippen LogP contribution in [0.15, 0.2) is 29.3 Å². The molecule has 0 radical (unpaired) electrons. The third-order valence-electron chi connectivity index (χ3n) is 6.62. The number of amides is 1. The molecule has 1 aromatic rings. The van der Waals surface area contributed by atoms with Gasteiger partial charge >= 0.3 is 0 Å². The summed E-state index contributed by atoms with van der Waals surface area (Å²) in [4.78, 5) is 21.6. The van der Waals surface area contributed by atoms with Gasteiger partial charge in [0.15, 0.2) is 5.96 Å². The summed E-state index contributed by atoms with van der Waals surface area (Å²) in [6, 6.07) is 8.89. The van der Waals surface area contributed by atoms with Gasteiger partial charge in [0.1, 0.15) is 0 Å². The molecule has 2 N–H and O–H groups in total. The highest BCUT2D eigenvalue weighted by Gasteiger charge is 2.32. The smallest absolute Gasteiger partial charge is 0.225 e. The van der Waals surface area contributed by atoms with Crippen molar-refractivity contribution < 1.29 is 4.79 Å². The topological polar surface area (TPSA) is 60.0 Å². The highest BCUT2D eigenvalue weighted by molar-refractivity contribution is 5.81. The van der Waals surface area contributed by atoms with Crippen LogP contribution in [0, 0.1) is 5.92 Å². The van der Waals surface area contributed by atoms with Crippen LogP contribution in [0.1, 0.15) is 57.1 Å². The zero-order valence-electron chi connectivity index (χ0n) is 19.0. The van der Waals surface area contributed by atoms with Crippen LogP contribution < -0.4 is 10.6 Å². The van der Waals surface area contributed by atoms with Crippen molar-refractivity contribution in [2.45, 2.75) is 65.1 Å². The predicted molar refractivity (Wildman–Crippen MR) is 123 cm³/mol. The molecule has 0 spiro atoms. The molecule has 1 saturated heterocycles. The fourth-order valence-corrected chi connectivity index (χ4v) is 4.65. The number of hydrogen-bond donors (Lipinski definition) is 2. The van der Waals surface area contributed by atoms with Crippen LogP contribution in [0.4, 0.5) is 0 Å². The van der Waals surface area contributed by atoms with Crippen molar-refractivity contribution in [3.63, 3.8) is 0 Å². The SMILES string of the molecule is CCN(CC)Cc1ccccc1CNC(=NC)NC1CCN(C(=O)C2CCCC2)C1. The third kappa shape index (κ3) is 5.97. The quantitative estimate of drug-likeness (QED) is 0.508. The number of nitrogens with zero attached hydrogens (tertiary/aromatic N) is 3. The van der Waals surface area contributed by atoms with Crippen molar-refractivity contribution in [3.05, 3.63) is 35.4 Å². The van der Waals surface area contributed by atoms with Crippen LogP contribution in [0.25, 0.3) is 0 Å². The number of guanidine groups is 1. The van der Waals surface area contributed by atoms with E-state index in [0.717, 1.165) is 64.5 Å². The number of nitrogens with one attached hydrogen (secondary N) is 2. The van der Waals surface area contributed by atoms with Crippen molar-refractivity contribution in [3.8, 4) is 0 Å². The Morgan fingerprint density at radius 3 is 2.50 bits per heavy atom. The Bertz CT molecular complexity index is 709. The minimum Gasteiger partial charge on any atom is -0.352 e. The molecule has 1 aromatic carbocycles. The molecule has 1 atom stereocenters. The lowest BCUT2D eigenvalue weighted by atomic mass is 10.1. The number of hydrogen-bond acceptors (Lipinski definition) is 3. The summed E-state index contributed by atoms with van der Waals surface area (Å²) < 4.78 is 0. The molecule has 30 heavy (non-hydrogen) atoms. The van der Waals surface area contributed by atoms with Gasteiger partial charge in [-0.05, 0) is 43.5 Å². The standard InChI is InChI=1S/C24H39N5O/c1-4-28(5-2)17-21-13-9-8-12-20(21)16-26-24(25-3)27-22-14-15-29(18-22)23(30)19-10-6-7-11-19/h8-9,12-13,19,22H,4-7,10-11,14-18H2,1-3H3,(H2,25,26,27). The minimum atomic E-state index is 0.267. The van der Waals surface area contributed by atoms with E-state index in [1.54, 1.807) is 0 Å². The second-order valence-electron chi connectivity index (χ2n) is 8.55. The van der Waals surface area contributed by atoms with E-state index in [1.807, 2.05) is 7.05 Å². The molecular weight excluding hydrogens is 374 g/mol. The lowest BCUT2D eigenvalue weighted by Gasteiger charge is -2.22. The molecule has 166 valence electrons. The Balaban J connectivity index is 1.50. The molecule has 1 aliphatic carbocycles. The van der Waals surface area contributed by atoms with Crippen LogP contribution in [0.2, 0.25) is 0 Å². The van der Waals surface area contributed by atoms with E-state index in [2.05, 4.69) is 63.5 Å². The zero-order valence-corrected chi connectivity index (χ0v) is 19.0. The van der Waals surface area contributed by atoms with Crippen molar-refractivity contribution >= 4 is 11.9 Å². The summed E-state index contributed by atoms with van der Waals surface area (Å²) in [5, 5.41) is 7.01. The number of aliphatic imine (C=N–C) groups is 1. The van der Waals surface area contributed by atoms with Crippen LogP contribution in [0.5, 0.6) is 0 Å². The second-order valence-corrected chi connectivity index (χ2v) is 8.55. The van der Waals surface area contributed by atoms with E-state index in [-0.39, 0.29) is 12.0 Å². The lowest BCUT2D eigenvalue weighted by Crippen LogP contribution is -2.45. The Hall–Kier alpha value is -2.08. The predicted octanol–water partition coefficient (Wildman–Crippen LogP) is 2.98. The minimum absolute atomic E-state index is 0.267. The largest absolute Gasteiger partial charge is 0.352 e. The van der Waals surface area contributed by atoms with Gasteiger partial charge in [0.05, 0.1) is 0 Å². The van der Waals surface area contributed by atoms with E-state index in [0.29, 0.717) is 5.91 Å². The van der Waals surface area contributed by atoms with Gasteiger partial charge in [0.25, 0.3) is 0 Å². The molecule has 3 rings (SSSR count). The number of carbonyl (C=O) groups excluding carboxylic acids is 1. The van der Waals surface area contributed by atoms with Gasteiger partial charge in [-0.2, -0.15) is 0 Å². The first kappa shape index (κ1) is 22.6. The van der Waals surface area contributed by atoms with E-state index in [1.165, 1.54) is 24.0 Å². The Morgan fingerprint density at radius 2 is 1.83 bits per heavy atom. The molecule has 1 aliphatic heterocycles. The summed E-state index contributed by atoms with van der Waals surface area (Å²) >= 11 is 0. The van der Waals surface area contributed by atoms with Crippen LogP contribution >= 0.6 is 0 Å². The van der Waals surface area contributed by atoms with Crippen molar-refractivity contribution in [2.24, 2.45) is 10.9 Å². The second kappa shape index (κ2) is 11.3. The molecule has 0 bridgehead atoms. The van der Waals surface area contributed by atoms with Gasteiger partial charge in [-0.15, -0.1) is 0 Å². The van der Waals surface area contributed by atoms with Crippen LogP contribution in [0.3, 0.4) is 0 Å². The molecule has 0 aromatic heterocycles. The molecule has 2 fully saturated rings.